The molecular formula is C19H26O5-2. The molecule has 5 nitrogen and oxygen atoms in total. The van der Waals surface area contributed by atoms with Crippen LogP contribution in [0.25, 0.3) is 0 Å². The minimum atomic E-state index is -1.11. The molecule has 0 bridgehead atoms. The summed E-state index contributed by atoms with van der Waals surface area (Å²) < 4.78 is 0. The fraction of sp³-hybridized carbons (Fsp3) is 0.842. The summed E-state index contributed by atoms with van der Waals surface area (Å²) in [7, 11) is 0. The number of carbonyl (C=O) groups excluding carboxylic acids is 3. The molecule has 3 saturated carbocycles. The molecule has 3 fully saturated rings. The van der Waals surface area contributed by atoms with Crippen molar-refractivity contribution in [2.45, 2.75) is 65.2 Å². The first kappa shape index (κ1) is 17.4. The lowest BCUT2D eigenvalue weighted by molar-refractivity contribution is -0.315. The van der Waals surface area contributed by atoms with Crippen molar-refractivity contribution in [3.63, 3.8) is 0 Å². The molecule has 24 heavy (non-hydrogen) atoms. The smallest absolute Gasteiger partial charge is 0.139 e. The van der Waals surface area contributed by atoms with Crippen LogP contribution in [0.3, 0.4) is 0 Å². The van der Waals surface area contributed by atoms with Gasteiger partial charge in [-0.25, -0.2) is 0 Å². The molecule has 0 saturated heterocycles. The fourth-order valence-electron chi connectivity index (χ4n) is 6.43. The summed E-state index contributed by atoms with van der Waals surface area (Å²) in [5.41, 5.74) is -0.848. The second kappa shape index (κ2) is 5.85. The van der Waals surface area contributed by atoms with Gasteiger partial charge in [0, 0.05) is 23.8 Å². The minimum Gasteiger partial charge on any atom is -0.550 e. The number of ketones is 1. The van der Waals surface area contributed by atoms with Crippen molar-refractivity contribution in [3.05, 3.63) is 0 Å². The molecule has 0 aromatic rings. The summed E-state index contributed by atoms with van der Waals surface area (Å²) in [6, 6.07) is 0. The van der Waals surface area contributed by atoms with Crippen molar-refractivity contribution in [1.82, 2.24) is 0 Å². The molecule has 0 amide bonds. The maximum atomic E-state index is 12.4. The summed E-state index contributed by atoms with van der Waals surface area (Å²) in [4.78, 5) is 34.9. The van der Waals surface area contributed by atoms with Crippen molar-refractivity contribution in [1.29, 1.82) is 0 Å². The highest BCUT2D eigenvalue weighted by Gasteiger charge is 2.59. The number of fused-ring (bicyclic) bond motifs is 3. The van der Waals surface area contributed by atoms with Crippen LogP contribution in [0.4, 0.5) is 0 Å². The quantitative estimate of drug-likeness (QED) is 0.753. The average molecular weight is 334 g/mol. The van der Waals surface area contributed by atoms with Gasteiger partial charge >= 0.3 is 0 Å². The van der Waals surface area contributed by atoms with E-state index in [1.165, 1.54) is 0 Å². The zero-order valence-electron chi connectivity index (χ0n) is 14.5. The zero-order chi connectivity index (χ0) is 17.7. The highest BCUT2D eigenvalue weighted by atomic mass is 16.4. The molecule has 0 heterocycles. The third-order valence-electron chi connectivity index (χ3n) is 7.71. The van der Waals surface area contributed by atoms with E-state index in [1.54, 1.807) is 0 Å². The van der Waals surface area contributed by atoms with Gasteiger partial charge in [-0.15, -0.1) is 0 Å². The number of carbonyl (C=O) groups is 3. The number of aliphatic carboxylic acids is 2. The predicted octanol–water partition coefficient (Wildman–Crippen LogP) is 0.694. The summed E-state index contributed by atoms with van der Waals surface area (Å²) in [5.74, 6) is -1.28. The number of carboxylic acids is 2. The Morgan fingerprint density at radius 2 is 1.75 bits per heavy atom. The van der Waals surface area contributed by atoms with E-state index >= 15 is 0 Å². The largest absolute Gasteiger partial charge is 0.550 e. The Bertz CT molecular complexity index is 570. The Labute approximate surface area is 142 Å². The lowest BCUT2D eigenvalue weighted by atomic mass is 9.46. The number of carboxylic acid groups (broad SMARTS) is 2. The number of Topliss-reactive ketones (excluding diaryl/α,β-unsaturated/α-hetero) is 1. The van der Waals surface area contributed by atoms with Crippen LogP contribution in [0.2, 0.25) is 0 Å². The fourth-order valence-corrected chi connectivity index (χ4v) is 6.43. The SMILES string of the molecule is C[C@]1(CC(=O)[O-])[C@H](CC(=O)[O-])CC[C@H]2[C@@H]1CC[C@]1(C)C(=O)CC[C@@H]21. The van der Waals surface area contributed by atoms with Crippen LogP contribution in [0.1, 0.15) is 65.2 Å². The topological polar surface area (TPSA) is 97.3 Å². The van der Waals surface area contributed by atoms with Gasteiger partial charge in [-0.05, 0) is 74.0 Å². The van der Waals surface area contributed by atoms with Crippen LogP contribution in [-0.2, 0) is 14.4 Å². The first-order chi connectivity index (χ1) is 11.2. The third-order valence-corrected chi connectivity index (χ3v) is 7.71. The van der Waals surface area contributed by atoms with Crippen molar-refractivity contribution >= 4 is 17.7 Å². The maximum absolute atomic E-state index is 12.4. The van der Waals surface area contributed by atoms with E-state index in [-0.39, 0.29) is 30.1 Å². The van der Waals surface area contributed by atoms with Gasteiger partial charge in [-0.3, -0.25) is 4.79 Å². The van der Waals surface area contributed by atoms with E-state index < -0.39 is 17.4 Å². The van der Waals surface area contributed by atoms with Crippen LogP contribution in [0.15, 0.2) is 0 Å². The van der Waals surface area contributed by atoms with Gasteiger partial charge in [0.25, 0.3) is 0 Å². The Kier molecular flexibility index (Phi) is 4.25. The second-order valence-corrected chi connectivity index (χ2v) is 8.70. The van der Waals surface area contributed by atoms with Crippen molar-refractivity contribution < 1.29 is 24.6 Å². The van der Waals surface area contributed by atoms with Gasteiger partial charge < -0.3 is 19.8 Å². The van der Waals surface area contributed by atoms with Crippen LogP contribution in [0.5, 0.6) is 0 Å². The molecule has 3 rings (SSSR count). The summed E-state index contributed by atoms with van der Waals surface area (Å²) >= 11 is 0. The molecule has 0 aromatic carbocycles. The van der Waals surface area contributed by atoms with Crippen molar-refractivity contribution in [2.75, 3.05) is 0 Å². The van der Waals surface area contributed by atoms with Gasteiger partial charge in [0.2, 0.25) is 0 Å². The Morgan fingerprint density at radius 1 is 1.04 bits per heavy atom. The van der Waals surface area contributed by atoms with E-state index in [0.717, 1.165) is 25.7 Å². The van der Waals surface area contributed by atoms with Crippen LogP contribution in [-0.4, -0.2) is 17.7 Å². The van der Waals surface area contributed by atoms with Gasteiger partial charge in [-0.2, -0.15) is 0 Å². The molecule has 0 spiro atoms. The van der Waals surface area contributed by atoms with Crippen molar-refractivity contribution in [2.24, 2.45) is 34.5 Å². The van der Waals surface area contributed by atoms with Gasteiger partial charge in [-0.1, -0.05) is 13.8 Å². The summed E-state index contributed by atoms with van der Waals surface area (Å²) in [5, 5.41) is 22.6. The lowest BCUT2D eigenvalue weighted by Gasteiger charge is -2.58. The summed E-state index contributed by atoms with van der Waals surface area (Å²) in [6.45, 7) is 4.00. The van der Waals surface area contributed by atoms with E-state index in [4.69, 9.17) is 0 Å². The first-order valence-electron chi connectivity index (χ1n) is 9.11. The zero-order valence-corrected chi connectivity index (χ0v) is 14.5. The monoisotopic (exact) mass is 334 g/mol. The van der Waals surface area contributed by atoms with E-state index in [0.29, 0.717) is 30.5 Å². The molecule has 0 radical (unpaired) electrons. The summed E-state index contributed by atoms with van der Waals surface area (Å²) in [6.07, 6.45) is 4.50. The third kappa shape index (κ3) is 2.56. The predicted molar refractivity (Wildman–Crippen MR) is 82.1 cm³/mol. The van der Waals surface area contributed by atoms with Gasteiger partial charge in [0.05, 0.1) is 0 Å². The molecule has 3 aliphatic carbocycles. The first-order valence-corrected chi connectivity index (χ1v) is 9.11. The molecular weight excluding hydrogens is 308 g/mol. The van der Waals surface area contributed by atoms with Crippen LogP contribution in [0, 0.1) is 34.5 Å². The van der Waals surface area contributed by atoms with E-state index in [9.17, 15) is 24.6 Å². The molecule has 0 unspecified atom stereocenters. The average Bonchev–Trinajstić information content (AvgIpc) is 2.77. The highest BCUT2D eigenvalue weighted by Crippen LogP contribution is 2.64. The standard InChI is InChI=1S/C19H28O5/c1-18-8-7-14-12(13(18)5-6-15(18)20)4-3-11(9-16(21)22)19(14,2)10-17(23)24/h11-14H,3-10H2,1-2H3,(H,21,22)(H,23,24)/p-2/t11-,12+,13-,14-,18-,19-/m0/s1. The maximum Gasteiger partial charge on any atom is 0.139 e. The minimum absolute atomic E-state index is 0.0894. The van der Waals surface area contributed by atoms with Crippen molar-refractivity contribution in [3.8, 4) is 0 Å². The molecule has 0 aromatic heterocycles. The molecule has 0 N–H and O–H groups in total. The second-order valence-electron chi connectivity index (χ2n) is 8.70. The molecule has 6 atom stereocenters. The Morgan fingerprint density at radius 3 is 2.38 bits per heavy atom. The molecule has 0 aliphatic heterocycles. The Balaban J connectivity index is 1.92. The lowest BCUT2D eigenvalue weighted by Crippen LogP contribution is -2.54. The van der Waals surface area contributed by atoms with Gasteiger partial charge in [0.15, 0.2) is 0 Å². The number of hydrogen-bond donors (Lipinski definition) is 0. The Hall–Kier alpha value is -1.39. The number of hydrogen-bond acceptors (Lipinski definition) is 5. The molecule has 134 valence electrons. The van der Waals surface area contributed by atoms with Crippen LogP contribution < -0.4 is 10.2 Å². The van der Waals surface area contributed by atoms with E-state index in [2.05, 4.69) is 6.92 Å². The number of rotatable bonds is 4. The molecule has 5 heteroatoms. The van der Waals surface area contributed by atoms with E-state index in [1.807, 2.05) is 6.92 Å². The molecule has 3 aliphatic rings. The normalized spacial score (nSPS) is 44.7. The van der Waals surface area contributed by atoms with Crippen LogP contribution >= 0.6 is 0 Å². The van der Waals surface area contributed by atoms with Gasteiger partial charge in [0.1, 0.15) is 5.78 Å². The highest BCUT2D eigenvalue weighted by molar-refractivity contribution is 5.87.